The Morgan fingerprint density at radius 3 is 1.94 bits per heavy atom. The lowest BCUT2D eigenvalue weighted by Gasteiger charge is -2.18. The van der Waals surface area contributed by atoms with Crippen LogP contribution in [0.15, 0.2) is 24.3 Å². The first-order chi connectivity index (χ1) is 8.08. The highest BCUT2D eigenvalue weighted by atomic mass is 14.5. The normalized spacial score (nSPS) is 14.9. The molecule has 1 heteroatoms. The van der Waals surface area contributed by atoms with Gasteiger partial charge in [0.25, 0.3) is 0 Å². The molecule has 17 heavy (non-hydrogen) atoms. The van der Waals surface area contributed by atoms with Crippen molar-refractivity contribution in [3.63, 3.8) is 0 Å². The Morgan fingerprint density at radius 2 is 1.53 bits per heavy atom. The summed E-state index contributed by atoms with van der Waals surface area (Å²) >= 11 is 0. The Morgan fingerprint density at radius 1 is 1.00 bits per heavy atom. The molecule has 1 rings (SSSR count). The van der Waals surface area contributed by atoms with Crippen LogP contribution in [0.4, 0.5) is 0 Å². The highest BCUT2D eigenvalue weighted by molar-refractivity contribution is 5.27. The van der Waals surface area contributed by atoms with Gasteiger partial charge >= 0.3 is 0 Å². The fraction of sp³-hybridized carbons (Fsp3) is 0.625. The second-order valence-electron chi connectivity index (χ2n) is 5.54. The number of benzene rings is 1. The van der Waals surface area contributed by atoms with Gasteiger partial charge in [0, 0.05) is 0 Å². The van der Waals surface area contributed by atoms with Crippen LogP contribution >= 0.6 is 0 Å². The zero-order valence-corrected chi connectivity index (χ0v) is 11.7. The molecule has 0 heterocycles. The van der Waals surface area contributed by atoms with Gasteiger partial charge in [0.2, 0.25) is 0 Å². The Balaban J connectivity index is 2.77. The molecule has 0 spiro atoms. The molecule has 0 fully saturated rings. The van der Waals surface area contributed by atoms with Crippen LogP contribution in [-0.2, 0) is 0 Å². The first-order valence-electron chi connectivity index (χ1n) is 6.88. The summed E-state index contributed by atoms with van der Waals surface area (Å²) in [5, 5.41) is 0. The summed E-state index contributed by atoms with van der Waals surface area (Å²) < 4.78 is 0. The first kappa shape index (κ1) is 14.2. The van der Waals surface area contributed by atoms with E-state index in [2.05, 4.69) is 52.0 Å². The van der Waals surface area contributed by atoms with Gasteiger partial charge < -0.3 is 5.73 Å². The molecule has 2 N–H and O–H groups in total. The lowest BCUT2D eigenvalue weighted by atomic mass is 9.88. The highest BCUT2D eigenvalue weighted by Gasteiger charge is 2.12. The monoisotopic (exact) mass is 233 g/mol. The van der Waals surface area contributed by atoms with Crippen LogP contribution in [0.3, 0.4) is 0 Å². The summed E-state index contributed by atoms with van der Waals surface area (Å²) in [6, 6.07) is 9.07. The second kappa shape index (κ2) is 6.80. The van der Waals surface area contributed by atoms with Crippen LogP contribution in [-0.4, -0.2) is 6.54 Å². The molecule has 0 radical (unpaired) electrons. The number of hydrogen-bond acceptors (Lipinski definition) is 1. The average molecular weight is 233 g/mol. The van der Waals surface area contributed by atoms with Gasteiger partial charge in [-0.05, 0) is 48.3 Å². The summed E-state index contributed by atoms with van der Waals surface area (Å²) in [6.07, 6.45) is 2.38. The van der Waals surface area contributed by atoms with Crippen molar-refractivity contribution in [1.29, 1.82) is 0 Å². The maximum absolute atomic E-state index is 5.88. The van der Waals surface area contributed by atoms with Crippen LogP contribution in [0.25, 0.3) is 0 Å². The molecule has 0 aliphatic carbocycles. The third kappa shape index (κ3) is 4.16. The van der Waals surface area contributed by atoms with Gasteiger partial charge in [0.1, 0.15) is 0 Å². The number of rotatable bonds is 6. The molecule has 1 aromatic rings. The van der Waals surface area contributed by atoms with Crippen molar-refractivity contribution in [3.05, 3.63) is 35.4 Å². The van der Waals surface area contributed by atoms with Gasteiger partial charge in [-0.25, -0.2) is 0 Å². The third-order valence-electron chi connectivity index (χ3n) is 3.63. The van der Waals surface area contributed by atoms with Crippen molar-refractivity contribution < 1.29 is 0 Å². The third-order valence-corrected chi connectivity index (χ3v) is 3.63. The quantitative estimate of drug-likeness (QED) is 0.779. The van der Waals surface area contributed by atoms with E-state index in [0.717, 1.165) is 6.54 Å². The molecule has 0 saturated carbocycles. The zero-order chi connectivity index (χ0) is 12.8. The Bertz CT molecular complexity index is 313. The van der Waals surface area contributed by atoms with E-state index in [4.69, 9.17) is 5.73 Å². The molecule has 1 aromatic carbocycles. The fourth-order valence-corrected chi connectivity index (χ4v) is 2.27. The van der Waals surface area contributed by atoms with Gasteiger partial charge in [0.05, 0.1) is 0 Å². The molecule has 0 amide bonds. The maximum atomic E-state index is 5.88. The predicted octanol–water partition coefficient (Wildman–Crippen LogP) is 4.29. The molecule has 2 unspecified atom stereocenters. The van der Waals surface area contributed by atoms with E-state index in [1.807, 2.05) is 0 Å². The van der Waals surface area contributed by atoms with E-state index >= 15 is 0 Å². The maximum Gasteiger partial charge on any atom is -0.000814 e. The molecule has 2 atom stereocenters. The van der Waals surface area contributed by atoms with E-state index in [1.165, 1.54) is 24.0 Å². The minimum Gasteiger partial charge on any atom is -0.330 e. The molecule has 0 aliphatic heterocycles. The van der Waals surface area contributed by atoms with Crippen molar-refractivity contribution in [1.82, 2.24) is 0 Å². The van der Waals surface area contributed by atoms with Crippen molar-refractivity contribution in [3.8, 4) is 0 Å². The van der Waals surface area contributed by atoms with E-state index in [1.54, 1.807) is 0 Å². The Kier molecular flexibility index (Phi) is 5.70. The van der Waals surface area contributed by atoms with Crippen LogP contribution < -0.4 is 5.73 Å². The summed E-state index contributed by atoms with van der Waals surface area (Å²) in [5.74, 6) is 1.88. The van der Waals surface area contributed by atoms with Crippen LogP contribution in [0, 0.1) is 5.92 Å². The SMILES string of the molecule is CCC(C)c1ccc(C(CN)CC(C)C)cc1. The molecule has 0 saturated heterocycles. The van der Waals surface area contributed by atoms with E-state index in [9.17, 15) is 0 Å². The van der Waals surface area contributed by atoms with Crippen molar-refractivity contribution in [2.75, 3.05) is 6.54 Å². The van der Waals surface area contributed by atoms with Gasteiger partial charge in [0.15, 0.2) is 0 Å². The van der Waals surface area contributed by atoms with Crippen molar-refractivity contribution in [2.45, 2.75) is 52.4 Å². The molecule has 1 nitrogen and oxygen atoms in total. The summed E-state index contributed by atoms with van der Waals surface area (Å²) in [6.45, 7) is 9.79. The van der Waals surface area contributed by atoms with Gasteiger partial charge in [-0.15, -0.1) is 0 Å². The lowest BCUT2D eigenvalue weighted by Crippen LogP contribution is -2.14. The minimum atomic E-state index is 0.515. The molecule has 0 bridgehead atoms. The van der Waals surface area contributed by atoms with Gasteiger partial charge in [-0.3, -0.25) is 0 Å². The molecule has 0 aromatic heterocycles. The summed E-state index contributed by atoms with van der Waals surface area (Å²) in [4.78, 5) is 0. The standard InChI is InChI=1S/C16H27N/c1-5-13(4)14-6-8-15(9-7-14)16(11-17)10-12(2)3/h6-9,12-13,16H,5,10-11,17H2,1-4H3. The highest BCUT2D eigenvalue weighted by Crippen LogP contribution is 2.25. The fourth-order valence-electron chi connectivity index (χ4n) is 2.27. The lowest BCUT2D eigenvalue weighted by molar-refractivity contribution is 0.504. The van der Waals surface area contributed by atoms with Gasteiger partial charge in [-0.2, -0.15) is 0 Å². The number of hydrogen-bond donors (Lipinski definition) is 1. The second-order valence-corrected chi connectivity index (χ2v) is 5.54. The molecular formula is C16H27N. The van der Waals surface area contributed by atoms with E-state index in [0.29, 0.717) is 17.8 Å². The zero-order valence-electron chi connectivity index (χ0n) is 11.7. The van der Waals surface area contributed by atoms with E-state index < -0.39 is 0 Å². The van der Waals surface area contributed by atoms with Gasteiger partial charge in [-0.1, -0.05) is 52.0 Å². The summed E-state index contributed by atoms with van der Waals surface area (Å²) in [7, 11) is 0. The average Bonchev–Trinajstić information content (AvgIpc) is 2.35. The smallest absolute Gasteiger partial charge is 0.000814 e. The van der Waals surface area contributed by atoms with Crippen LogP contribution in [0.2, 0.25) is 0 Å². The van der Waals surface area contributed by atoms with Crippen LogP contribution in [0.5, 0.6) is 0 Å². The Labute approximate surface area is 106 Å². The van der Waals surface area contributed by atoms with Crippen molar-refractivity contribution in [2.24, 2.45) is 11.7 Å². The molecule has 96 valence electrons. The van der Waals surface area contributed by atoms with Crippen LogP contribution in [0.1, 0.15) is 63.5 Å². The largest absolute Gasteiger partial charge is 0.330 e. The number of nitrogens with two attached hydrogens (primary N) is 1. The topological polar surface area (TPSA) is 26.0 Å². The summed E-state index contributed by atoms with van der Waals surface area (Å²) in [5.41, 5.74) is 8.71. The first-order valence-corrected chi connectivity index (χ1v) is 6.88. The van der Waals surface area contributed by atoms with E-state index in [-0.39, 0.29) is 0 Å². The predicted molar refractivity (Wildman–Crippen MR) is 76.4 cm³/mol. The Hall–Kier alpha value is -0.820. The minimum absolute atomic E-state index is 0.515. The molecular weight excluding hydrogens is 206 g/mol. The van der Waals surface area contributed by atoms with Crippen molar-refractivity contribution >= 4 is 0 Å². The molecule has 0 aliphatic rings.